The van der Waals surface area contributed by atoms with Crippen LogP contribution in [0.4, 0.5) is 0 Å². The molecule has 0 saturated carbocycles. The fraction of sp³-hybridized carbons (Fsp3) is 0.375. The van der Waals surface area contributed by atoms with E-state index in [2.05, 4.69) is 18.6 Å². The molecule has 1 rings (SSSR count). The first kappa shape index (κ1) is 16.6. The molecule has 0 N–H and O–H groups in total. The van der Waals surface area contributed by atoms with Gasteiger partial charge in [-0.1, -0.05) is 19.9 Å². The van der Waals surface area contributed by atoms with Gasteiger partial charge in [0.05, 0.1) is 20.8 Å². The van der Waals surface area contributed by atoms with E-state index >= 15 is 0 Å². The third-order valence-corrected chi connectivity index (χ3v) is 2.60. The standard InChI is InChI=1S/C16H19NO4/c1-11(2)10-21-14-6-5-12(8-15(14)19-3)7-13(9-17)16(18)20-4/h5-8,11H,10H2,1-4H3/b13-7+. The molecule has 5 nitrogen and oxygen atoms in total. The number of rotatable bonds is 6. The van der Waals surface area contributed by atoms with Crippen LogP contribution < -0.4 is 9.47 Å². The summed E-state index contributed by atoms with van der Waals surface area (Å²) in [6.07, 6.45) is 1.45. The zero-order valence-corrected chi connectivity index (χ0v) is 12.7. The van der Waals surface area contributed by atoms with Crippen molar-refractivity contribution >= 4 is 12.0 Å². The molecule has 0 aromatic heterocycles. The lowest BCUT2D eigenvalue weighted by Gasteiger charge is -2.12. The molecular weight excluding hydrogens is 270 g/mol. The first-order chi connectivity index (χ1) is 10.0. The van der Waals surface area contributed by atoms with Crippen LogP contribution >= 0.6 is 0 Å². The topological polar surface area (TPSA) is 68.6 Å². The van der Waals surface area contributed by atoms with Gasteiger partial charge in [0.25, 0.3) is 0 Å². The average molecular weight is 289 g/mol. The van der Waals surface area contributed by atoms with Crippen LogP contribution in [-0.4, -0.2) is 26.8 Å². The van der Waals surface area contributed by atoms with Gasteiger partial charge in [0, 0.05) is 0 Å². The van der Waals surface area contributed by atoms with Gasteiger partial charge in [-0.05, 0) is 29.7 Å². The molecular formula is C16H19NO4. The molecule has 0 atom stereocenters. The fourth-order valence-corrected chi connectivity index (χ4v) is 1.56. The van der Waals surface area contributed by atoms with Gasteiger partial charge < -0.3 is 14.2 Å². The number of ether oxygens (including phenoxy) is 3. The molecule has 5 heteroatoms. The Kier molecular flexibility index (Phi) is 6.28. The van der Waals surface area contributed by atoms with E-state index in [0.29, 0.717) is 29.6 Å². The quantitative estimate of drug-likeness (QED) is 0.457. The number of benzene rings is 1. The molecule has 0 aliphatic heterocycles. The molecule has 0 heterocycles. The molecule has 1 aromatic carbocycles. The van der Waals surface area contributed by atoms with Gasteiger partial charge in [-0.2, -0.15) is 5.26 Å². The SMILES string of the molecule is COC(=O)/C(C#N)=C/c1ccc(OCC(C)C)c(OC)c1. The summed E-state index contributed by atoms with van der Waals surface area (Å²) in [5, 5.41) is 8.94. The number of nitrogens with zero attached hydrogens (tertiary/aromatic N) is 1. The maximum atomic E-state index is 11.4. The maximum absolute atomic E-state index is 11.4. The van der Waals surface area contributed by atoms with E-state index in [4.69, 9.17) is 14.7 Å². The van der Waals surface area contributed by atoms with Crippen LogP contribution in [0.25, 0.3) is 6.08 Å². The Labute approximate surface area is 124 Å². The van der Waals surface area contributed by atoms with Gasteiger partial charge in [-0.15, -0.1) is 0 Å². The van der Waals surface area contributed by atoms with E-state index in [9.17, 15) is 4.79 Å². The van der Waals surface area contributed by atoms with Crippen molar-refractivity contribution in [1.82, 2.24) is 0 Å². The van der Waals surface area contributed by atoms with Crippen molar-refractivity contribution in [3.63, 3.8) is 0 Å². The van der Waals surface area contributed by atoms with Crippen LogP contribution in [0.1, 0.15) is 19.4 Å². The average Bonchev–Trinajstić information content (AvgIpc) is 2.49. The lowest BCUT2D eigenvalue weighted by Crippen LogP contribution is -2.05. The number of hydrogen-bond donors (Lipinski definition) is 0. The normalized spacial score (nSPS) is 11.0. The van der Waals surface area contributed by atoms with Gasteiger partial charge in [0.15, 0.2) is 11.5 Å². The minimum atomic E-state index is -0.670. The molecule has 0 radical (unpaired) electrons. The number of nitriles is 1. The highest BCUT2D eigenvalue weighted by Gasteiger charge is 2.10. The smallest absolute Gasteiger partial charge is 0.348 e. The fourth-order valence-electron chi connectivity index (χ4n) is 1.56. The van der Waals surface area contributed by atoms with E-state index in [1.54, 1.807) is 18.2 Å². The molecule has 0 aliphatic carbocycles. The lowest BCUT2D eigenvalue weighted by atomic mass is 10.1. The van der Waals surface area contributed by atoms with Crippen LogP contribution in [0.2, 0.25) is 0 Å². The molecule has 1 aromatic rings. The van der Waals surface area contributed by atoms with Crippen LogP contribution in [-0.2, 0) is 9.53 Å². The summed E-state index contributed by atoms with van der Waals surface area (Å²) in [4.78, 5) is 11.4. The van der Waals surface area contributed by atoms with Crippen LogP contribution in [0.5, 0.6) is 11.5 Å². The minimum absolute atomic E-state index is 0.0737. The first-order valence-electron chi connectivity index (χ1n) is 6.52. The van der Waals surface area contributed by atoms with Gasteiger partial charge in [0.1, 0.15) is 11.6 Å². The third-order valence-electron chi connectivity index (χ3n) is 2.60. The van der Waals surface area contributed by atoms with Crippen molar-refractivity contribution in [2.75, 3.05) is 20.8 Å². The van der Waals surface area contributed by atoms with Gasteiger partial charge >= 0.3 is 5.97 Å². The Hall–Kier alpha value is -2.48. The van der Waals surface area contributed by atoms with E-state index in [1.807, 2.05) is 6.07 Å². The number of methoxy groups -OCH3 is 2. The summed E-state index contributed by atoms with van der Waals surface area (Å²) >= 11 is 0. The molecule has 112 valence electrons. The molecule has 0 unspecified atom stereocenters. The number of hydrogen-bond acceptors (Lipinski definition) is 5. The summed E-state index contributed by atoms with van der Waals surface area (Å²) in [7, 11) is 2.77. The first-order valence-corrected chi connectivity index (χ1v) is 6.52. The Bertz CT molecular complexity index is 570. The number of esters is 1. The molecule has 21 heavy (non-hydrogen) atoms. The van der Waals surface area contributed by atoms with Crippen molar-refractivity contribution in [2.45, 2.75) is 13.8 Å². The Morgan fingerprint density at radius 1 is 1.33 bits per heavy atom. The van der Waals surface area contributed by atoms with Crippen molar-refractivity contribution < 1.29 is 19.0 Å². The van der Waals surface area contributed by atoms with Crippen molar-refractivity contribution in [3.8, 4) is 17.6 Å². The lowest BCUT2D eigenvalue weighted by molar-refractivity contribution is -0.135. The van der Waals surface area contributed by atoms with Crippen LogP contribution in [0, 0.1) is 17.2 Å². The Morgan fingerprint density at radius 2 is 2.05 bits per heavy atom. The summed E-state index contributed by atoms with van der Waals surface area (Å²) in [6, 6.07) is 7.01. The van der Waals surface area contributed by atoms with E-state index in [-0.39, 0.29) is 5.57 Å². The molecule has 0 amide bonds. The molecule has 0 spiro atoms. The highest BCUT2D eigenvalue weighted by molar-refractivity contribution is 5.97. The summed E-state index contributed by atoms with van der Waals surface area (Å²) in [5.41, 5.74) is 0.584. The van der Waals surface area contributed by atoms with E-state index in [0.717, 1.165) is 0 Å². The Balaban J connectivity index is 3.04. The van der Waals surface area contributed by atoms with Gasteiger partial charge in [-0.3, -0.25) is 0 Å². The van der Waals surface area contributed by atoms with Gasteiger partial charge in [-0.25, -0.2) is 4.79 Å². The maximum Gasteiger partial charge on any atom is 0.348 e. The number of carbonyl (C=O) groups excluding carboxylic acids is 1. The second kappa shape index (κ2) is 7.95. The minimum Gasteiger partial charge on any atom is -0.493 e. The van der Waals surface area contributed by atoms with E-state index < -0.39 is 5.97 Å². The van der Waals surface area contributed by atoms with Crippen LogP contribution in [0.3, 0.4) is 0 Å². The van der Waals surface area contributed by atoms with Crippen molar-refractivity contribution in [2.24, 2.45) is 5.92 Å². The van der Waals surface area contributed by atoms with E-state index in [1.165, 1.54) is 20.3 Å². The Morgan fingerprint density at radius 3 is 2.57 bits per heavy atom. The van der Waals surface area contributed by atoms with Gasteiger partial charge in [0.2, 0.25) is 0 Å². The zero-order valence-electron chi connectivity index (χ0n) is 12.7. The second-order valence-corrected chi connectivity index (χ2v) is 4.78. The second-order valence-electron chi connectivity index (χ2n) is 4.78. The highest BCUT2D eigenvalue weighted by Crippen LogP contribution is 2.29. The molecule has 0 aliphatic rings. The largest absolute Gasteiger partial charge is 0.493 e. The summed E-state index contributed by atoms with van der Waals surface area (Å²) in [6.45, 7) is 4.69. The van der Waals surface area contributed by atoms with Crippen molar-refractivity contribution in [1.29, 1.82) is 5.26 Å². The predicted molar refractivity (Wildman–Crippen MR) is 78.9 cm³/mol. The molecule has 0 saturated heterocycles. The van der Waals surface area contributed by atoms with Crippen molar-refractivity contribution in [3.05, 3.63) is 29.3 Å². The molecule has 0 fully saturated rings. The number of carbonyl (C=O) groups is 1. The zero-order chi connectivity index (χ0) is 15.8. The highest BCUT2D eigenvalue weighted by atomic mass is 16.5. The summed E-state index contributed by atoms with van der Waals surface area (Å²) < 4.78 is 15.4. The predicted octanol–water partition coefficient (Wildman–Crippen LogP) is 2.81. The van der Waals surface area contributed by atoms with Crippen LogP contribution in [0.15, 0.2) is 23.8 Å². The molecule has 0 bridgehead atoms. The monoisotopic (exact) mass is 289 g/mol. The third kappa shape index (κ3) is 4.84. The summed E-state index contributed by atoms with van der Waals surface area (Å²) in [5.74, 6) is 0.905.